The molecule has 0 saturated carbocycles. The van der Waals surface area contributed by atoms with Crippen molar-refractivity contribution in [2.75, 3.05) is 37.6 Å². The molecule has 4 rings (SSSR count). The first kappa shape index (κ1) is 20.9. The topological polar surface area (TPSA) is 64.7 Å². The first-order valence-electron chi connectivity index (χ1n) is 10.7. The number of hydrogen-bond acceptors (Lipinski definition) is 4. The minimum atomic E-state index is -0.222. The molecule has 31 heavy (non-hydrogen) atoms. The molecule has 2 N–H and O–H groups in total. The molecule has 0 aliphatic carbocycles. The van der Waals surface area contributed by atoms with E-state index < -0.39 is 0 Å². The van der Waals surface area contributed by atoms with Gasteiger partial charge in [-0.2, -0.15) is 0 Å². The van der Waals surface area contributed by atoms with E-state index in [1.807, 2.05) is 48.5 Å². The number of hydrazine groups is 1. The fourth-order valence-electron chi connectivity index (χ4n) is 3.91. The van der Waals surface area contributed by atoms with Crippen LogP contribution in [0.3, 0.4) is 0 Å². The van der Waals surface area contributed by atoms with Crippen LogP contribution < -0.4 is 15.8 Å². The number of carbonyl (C=O) groups is 2. The Balaban J connectivity index is 1.15. The van der Waals surface area contributed by atoms with Crippen molar-refractivity contribution in [3.05, 3.63) is 78.4 Å². The summed E-state index contributed by atoms with van der Waals surface area (Å²) in [6.07, 6.45) is 0.591. The van der Waals surface area contributed by atoms with Gasteiger partial charge in [0.05, 0.1) is 6.42 Å². The Labute approximate surface area is 182 Å². The van der Waals surface area contributed by atoms with Crippen molar-refractivity contribution in [1.29, 1.82) is 0 Å². The Kier molecular flexibility index (Phi) is 6.79. The first-order valence-corrected chi connectivity index (χ1v) is 10.7. The number of rotatable bonds is 6. The number of nitrogens with one attached hydrogen (secondary N) is 2. The summed E-state index contributed by atoms with van der Waals surface area (Å²) < 4.78 is 0. The largest absolute Gasteiger partial charge is 0.369 e. The summed E-state index contributed by atoms with van der Waals surface area (Å²) in [5.41, 5.74) is 7.23. The highest BCUT2D eigenvalue weighted by molar-refractivity contribution is 5.86. The van der Waals surface area contributed by atoms with Gasteiger partial charge in [-0.25, -0.2) is 0 Å². The van der Waals surface area contributed by atoms with Gasteiger partial charge < -0.3 is 4.90 Å². The highest BCUT2D eigenvalue weighted by atomic mass is 16.2. The normalized spacial score (nSPS) is 14.4. The number of carbonyl (C=O) groups excluding carboxylic acids is 2. The number of anilines is 1. The molecule has 1 aliphatic rings. The molecule has 0 aromatic heterocycles. The van der Waals surface area contributed by atoms with Gasteiger partial charge in [-0.15, -0.1) is 0 Å². The van der Waals surface area contributed by atoms with Crippen LogP contribution in [0.25, 0.3) is 10.8 Å². The van der Waals surface area contributed by atoms with Crippen molar-refractivity contribution in [3.8, 4) is 0 Å². The summed E-state index contributed by atoms with van der Waals surface area (Å²) in [7, 11) is 0. The van der Waals surface area contributed by atoms with Gasteiger partial charge in [0, 0.05) is 44.8 Å². The second-order valence-electron chi connectivity index (χ2n) is 7.87. The molecule has 0 spiro atoms. The molecule has 1 saturated heterocycles. The molecule has 0 unspecified atom stereocenters. The zero-order valence-corrected chi connectivity index (χ0v) is 17.6. The van der Waals surface area contributed by atoms with Crippen molar-refractivity contribution in [3.63, 3.8) is 0 Å². The van der Waals surface area contributed by atoms with Crippen LogP contribution >= 0.6 is 0 Å². The maximum atomic E-state index is 12.2. The fourth-order valence-corrected chi connectivity index (χ4v) is 3.91. The lowest BCUT2D eigenvalue weighted by atomic mass is 10.1. The average molecular weight is 417 g/mol. The van der Waals surface area contributed by atoms with E-state index in [1.165, 1.54) is 5.69 Å². The van der Waals surface area contributed by atoms with Crippen LogP contribution in [0, 0.1) is 0 Å². The van der Waals surface area contributed by atoms with E-state index in [9.17, 15) is 9.59 Å². The number of piperazine rings is 1. The highest BCUT2D eigenvalue weighted by Gasteiger charge is 2.17. The number of fused-ring (bicyclic) bond motifs is 1. The molecule has 0 bridgehead atoms. The zero-order valence-electron chi connectivity index (χ0n) is 17.6. The summed E-state index contributed by atoms with van der Waals surface area (Å²) in [5, 5.41) is 2.24. The highest BCUT2D eigenvalue weighted by Crippen LogP contribution is 2.16. The van der Waals surface area contributed by atoms with E-state index >= 15 is 0 Å². The molecule has 2 amide bonds. The smallest absolute Gasteiger partial charge is 0.242 e. The van der Waals surface area contributed by atoms with Crippen LogP contribution in [0.1, 0.15) is 12.0 Å². The van der Waals surface area contributed by atoms with Gasteiger partial charge in [0.25, 0.3) is 0 Å². The molecule has 6 nitrogen and oxygen atoms in total. The maximum absolute atomic E-state index is 12.2. The molecular weight excluding hydrogens is 388 g/mol. The Morgan fingerprint density at radius 1 is 0.742 bits per heavy atom. The van der Waals surface area contributed by atoms with E-state index in [2.05, 4.69) is 44.9 Å². The SMILES string of the molecule is O=C(CCN1CCN(c2ccccc2)CC1)NNC(=O)Cc1ccc2ccccc2c1. The first-order chi connectivity index (χ1) is 15.2. The Bertz CT molecular complexity index is 1030. The van der Waals surface area contributed by atoms with Gasteiger partial charge in [-0.05, 0) is 28.5 Å². The quantitative estimate of drug-likeness (QED) is 0.607. The van der Waals surface area contributed by atoms with Crippen molar-refractivity contribution < 1.29 is 9.59 Å². The fraction of sp³-hybridized carbons (Fsp3) is 0.280. The Morgan fingerprint density at radius 3 is 2.19 bits per heavy atom. The van der Waals surface area contributed by atoms with Crippen molar-refractivity contribution in [1.82, 2.24) is 15.8 Å². The van der Waals surface area contributed by atoms with Gasteiger partial charge in [-0.1, -0.05) is 60.7 Å². The number of amides is 2. The minimum absolute atomic E-state index is 0.169. The molecule has 160 valence electrons. The molecule has 1 fully saturated rings. The van der Waals surface area contributed by atoms with Crippen LogP contribution in [0.2, 0.25) is 0 Å². The molecular formula is C25H28N4O2. The number of hydrogen-bond donors (Lipinski definition) is 2. The average Bonchev–Trinajstić information content (AvgIpc) is 2.82. The van der Waals surface area contributed by atoms with E-state index in [0.29, 0.717) is 13.0 Å². The van der Waals surface area contributed by atoms with Crippen LogP contribution in [-0.2, 0) is 16.0 Å². The van der Waals surface area contributed by atoms with E-state index in [1.54, 1.807) is 0 Å². The van der Waals surface area contributed by atoms with Gasteiger partial charge >= 0.3 is 0 Å². The molecule has 0 atom stereocenters. The number of benzene rings is 3. The Morgan fingerprint density at radius 2 is 1.42 bits per heavy atom. The van der Waals surface area contributed by atoms with Crippen molar-refractivity contribution >= 4 is 28.3 Å². The zero-order chi connectivity index (χ0) is 21.5. The van der Waals surface area contributed by atoms with Crippen LogP contribution in [-0.4, -0.2) is 49.4 Å². The van der Waals surface area contributed by atoms with Crippen molar-refractivity contribution in [2.45, 2.75) is 12.8 Å². The summed E-state index contributed by atoms with van der Waals surface area (Å²) in [5.74, 6) is -0.391. The molecule has 1 heterocycles. The van der Waals surface area contributed by atoms with E-state index in [4.69, 9.17) is 0 Å². The summed E-state index contributed by atoms with van der Waals surface area (Å²) >= 11 is 0. The summed E-state index contributed by atoms with van der Waals surface area (Å²) in [6, 6.07) is 24.4. The second-order valence-corrected chi connectivity index (χ2v) is 7.87. The Hall–Kier alpha value is -3.38. The predicted molar refractivity (Wildman–Crippen MR) is 124 cm³/mol. The van der Waals surface area contributed by atoms with Gasteiger partial charge in [0.2, 0.25) is 11.8 Å². The van der Waals surface area contributed by atoms with Crippen LogP contribution in [0.4, 0.5) is 5.69 Å². The monoisotopic (exact) mass is 416 g/mol. The van der Waals surface area contributed by atoms with E-state index in [-0.39, 0.29) is 18.2 Å². The molecule has 6 heteroatoms. The predicted octanol–water partition coefficient (Wildman–Crippen LogP) is 2.74. The molecule has 1 aliphatic heterocycles. The maximum Gasteiger partial charge on any atom is 0.242 e. The summed E-state index contributed by atoms with van der Waals surface area (Å²) in [4.78, 5) is 29.0. The van der Waals surface area contributed by atoms with E-state index in [0.717, 1.165) is 42.5 Å². The molecule has 0 radical (unpaired) electrons. The lowest BCUT2D eigenvalue weighted by Crippen LogP contribution is -2.48. The van der Waals surface area contributed by atoms with Crippen LogP contribution in [0.15, 0.2) is 72.8 Å². The minimum Gasteiger partial charge on any atom is -0.369 e. The standard InChI is InChI=1S/C25H28N4O2/c30-24(12-13-28-14-16-29(17-15-28)23-8-2-1-3-9-23)26-27-25(31)19-20-10-11-21-6-4-5-7-22(21)18-20/h1-11,18H,12-17,19H2,(H,26,30)(H,27,31). The van der Waals surface area contributed by atoms with Gasteiger partial charge in [0.1, 0.15) is 0 Å². The summed E-state index contributed by atoms with van der Waals surface area (Å²) in [6.45, 7) is 4.45. The number of para-hydroxylation sites is 1. The number of nitrogens with zero attached hydrogens (tertiary/aromatic N) is 2. The van der Waals surface area contributed by atoms with Crippen LogP contribution in [0.5, 0.6) is 0 Å². The molecule has 3 aromatic rings. The second kappa shape index (κ2) is 10.1. The van der Waals surface area contributed by atoms with Gasteiger partial charge in [0.15, 0.2) is 0 Å². The van der Waals surface area contributed by atoms with Crippen molar-refractivity contribution in [2.24, 2.45) is 0 Å². The third-order valence-electron chi connectivity index (χ3n) is 5.67. The molecule has 3 aromatic carbocycles. The third-order valence-corrected chi connectivity index (χ3v) is 5.67. The van der Waals surface area contributed by atoms with Gasteiger partial charge in [-0.3, -0.25) is 25.3 Å². The third kappa shape index (κ3) is 5.83. The lowest BCUT2D eigenvalue weighted by molar-refractivity contribution is -0.128. The lowest BCUT2D eigenvalue weighted by Gasteiger charge is -2.36.